The molecule has 15 heavy (non-hydrogen) atoms. The van der Waals surface area contributed by atoms with E-state index in [0.29, 0.717) is 5.38 Å². The SMILES string of the molecule is ClC1CCN(CC2CC3CCC2C3)CC1. The van der Waals surface area contributed by atoms with Gasteiger partial charge in [-0.25, -0.2) is 0 Å². The van der Waals surface area contributed by atoms with Crippen molar-refractivity contribution in [3.8, 4) is 0 Å². The smallest absolute Gasteiger partial charge is 0.0360 e. The number of likely N-dealkylation sites (tertiary alicyclic amines) is 1. The van der Waals surface area contributed by atoms with Gasteiger partial charge in [0.2, 0.25) is 0 Å². The Labute approximate surface area is 98.2 Å². The summed E-state index contributed by atoms with van der Waals surface area (Å²) in [4.78, 5) is 2.67. The normalized spacial score (nSPS) is 42.6. The number of alkyl halides is 1. The summed E-state index contributed by atoms with van der Waals surface area (Å²) in [5.41, 5.74) is 0. The van der Waals surface area contributed by atoms with Crippen LogP contribution in [0, 0.1) is 17.8 Å². The summed E-state index contributed by atoms with van der Waals surface area (Å²) in [5.74, 6) is 3.23. The second-order valence-electron chi connectivity index (χ2n) is 5.91. The quantitative estimate of drug-likeness (QED) is 0.656. The van der Waals surface area contributed by atoms with Gasteiger partial charge in [0.15, 0.2) is 0 Å². The molecule has 3 atom stereocenters. The number of hydrogen-bond acceptors (Lipinski definition) is 1. The van der Waals surface area contributed by atoms with Crippen LogP contribution in [0.2, 0.25) is 0 Å². The van der Waals surface area contributed by atoms with Crippen molar-refractivity contribution in [2.75, 3.05) is 19.6 Å². The minimum atomic E-state index is 0.460. The Hall–Kier alpha value is 0.250. The van der Waals surface area contributed by atoms with Gasteiger partial charge in [-0.05, 0) is 62.9 Å². The third-order valence-electron chi connectivity index (χ3n) is 4.89. The van der Waals surface area contributed by atoms with Gasteiger partial charge in [0.1, 0.15) is 0 Å². The lowest BCUT2D eigenvalue weighted by Crippen LogP contribution is -2.38. The Morgan fingerprint density at radius 3 is 2.40 bits per heavy atom. The van der Waals surface area contributed by atoms with E-state index in [-0.39, 0.29) is 0 Å². The molecule has 0 amide bonds. The summed E-state index contributed by atoms with van der Waals surface area (Å²) >= 11 is 6.13. The maximum atomic E-state index is 6.13. The standard InChI is InChI=1S/C13H22ClN/c14-13-3-5-15(6-4-13)9-12-8-10-1-2-11(12)7-10/h10-13H,1-9H2. The number of rotatable bonds is 2. The molecule has 2 aliphatic carbocycles. The van der Waals surface area contributed by atoms with E-state index in [4.69, 9.17) is 11.6 Å². The van der Waals surface area contributed by atoms with Gasteiger partial charge in [0.05, 0.1) is 0 Å². The van der Waals surface area contributed by atoms with Gasteiger partial charge >= 0.3 is 0 Å². The highest BCUT2D eigenvalue weighted by Gasteiger charge is 2.40. The maximum Gasteiger partial charge on any atom is 0.0360 e. The van der Waals surface area contributed by atoms with E-state index in [1.807, 2.05) is 0 Å². The predicted octanol–water partition coefficient (Wildman–Crippen LogP) is 3.13. The average molecular weight is 228 g/mol. The van der Waals surface area contributed by atoms with Crippen LogP contribution in [-0.2, 0) is 0 Å². The van der Waals surface area contributed by atoms with Crippen LogP contribution in [0.1, 0.15) is 38.5 Å². The lowest BCUT2D eigenvalue weighted by atomic mass is 9.88. The van der Waals surface area contributed by atoms with Crippen LogP contribution in [0.5, 0.6) is 0 Å². The van der Waals surface area contributed by atoms with Crippen LogP contribution in [0.15, 0.2) is 0 Å². The van der Waals surface area contributed by atoms with Crippen LogP contribution in [0.3, 0.4) is 0 Å². The molecule has 2 bridgehead atoms. The molecule has 3 rings (SSSR count). The van der Waals surface area contributed by atoms with Crippen molar-refractivity contribution in [1.82, 2.24) is 4.90 Å². The molecule has 3 unspecified atom stereocenters. The summed E-state index contributed by atoms with van der Waals surface area (Å²) in [6.45, 7) is 3.88. The molecule has 2 saturated carbocycles. The summed E-state index contributed by atoms with van der Waals surface area (Å²) in [6.07, 6.45) is 8.57. The van der Waals surface area contributed by atoms with E-state index in [2.05, 4.69) is 4.90 Å². The van der Waals surface area contributed by atoms with Gasteiger partial charge < -0.3 is 4.90 Å². The molecule has 86 valence electrons. The largest absolute Gasteiger partial charge is 0.303 e. The topological polar surface area (TPSA) is 3.24 Å². The van der Waals surface area contributed by atoms with Crippen molar-refractivity contribution in [3.05, 3.63) is 0 Å². The van der Waals surface area contributed by atoms with Crippen LogP contribution < -0.4 is 0 Å². The molecule has 0 spiro atoms. The van der Waals surface area contributed by atoms with Crippen molar-refractivity contribution >= 4 is 11.6 Å². The zero-order chi connectivity index (χ0) is 10.3. The molecular weight excluding hydrogens is 206 g/mol. The highest BCUT2D eigenvalue weighted by atomic mass is 35.5. The van der Waals surface area contributed by atoms with Gasteiger partial charge in [-0.3, -0.25) is 0 Å². The first-order valence-electron chi connectivity index (χ1n) is 6.67. The summed E-state index contributed by atoms with van der Waals surface area (Å²) < 4.78 is 0. The zero-order valence-corrected chi connectivity index (χ0v) is 10.3. The molecule has 0 N–H and O–H groups in total. The van der Waals surface area contributed by atoms with Gasteiger partial charge in [0, 0.05) is 11.9 Å². The van der Waals surface area contributed by atoms with Gasteiger partial charge in [-0.15, -0.1) is 11.6 Å². The Kier molecular flexibility index (Phi) is 2.95. The second kappa shape index (κ2) is 4.25. The summed E-state index contributed by atoms with van der Waals surface area (Å²) in [6, 6.07) is 0. The first kappa shape index (κ1) is 10.4. The molecule has 1 heterocycles. The fraction of sp³-hybridized carbons (Fsp3) is 1.00. The third kappa shape index (κ3) is 2.19. The molecule has 0 aromatic carbocycles. The number of fused-ring (bicyclic) bond motifs is 2. The van der Waals surface area contributed by atoms with E-state index in [1.54, 1.807) is 6.42 Å². The fourth-order valence-corrected chi connectivity index (χ4v) is 4.21. The zero-order valence-electron chi connectivity index (χ0n) is 9.50. The minimum absolute atomic E-state index is 0.460. The highest BCUT2D eigenvalue weighted by Crippen LogP contribution is 2.48. The average Bonchev–Trinajstić information content (AvgIpc) is 2.83. The van der Waals surface area contributed by atoms with Crippen LogP contribution >= 0.6 is 11.6 Å². The molecule has 2 heteroatoms. The first-order chi connectivity index (χ1) is 7.31. The van der Waals surface area contributed by atoms with E-state index < -0.39 is 0 Å². The van der Waals surface area contributed by atoms with Crippen LogP contribution in [-0.4, -0.2) is 29.9 Å². The molecule has 3 fully saturated rings. The Morgan fingerprint density at radius 1 is 1.00 bits per heavy atom. The number of halogens is 1. The number of hydrogen-bond donors (Lipinski definition) is 0. The fourth-order valence-electron chi connectivity index (χ4n) is 4.02. The van der Waals surface area contributed by atoms with Gasteiger partial charge in [0.25, 0.3) is 0 Å². The van der Waals surface area contributed by atoms with Gasteiger partial charge in [-0.1, -0.05) is 6.42 Å². The number of piperidine rings is 1. The highest BCUT2D eigenvalue weighted by molar-refractivity contribution is 6.20. The lowest BCUT2D eigenvalue weighted by Gasteiger charge is -2.33. The summed E-state index contributed by atoms with van der Waals surface area (Å²) in [5, 5.41) is 0.460. The molecule has 1 nitrogen and oxygen atoms in total. The van der Waals surface area contributed by atoms with E-state index in [0.717, 1.165) is 17.8 Å². The van der Waals surface area contributed by atoms with E-state index in [9.17, 15) is 0 Å². The molecular formula is C13H22ClN. The maximum absolute atomic E-state index is 6.13. The van der Waals surface area contributed by atoms with E-state index >= 15 is 0 Å². The molecule has 3 aliphatic rings. The molecule has 0 radical (unpaired) electrons. The van der Waals surface area contributed by atoms with Crippen molar-refractivity contribution in [2.24, 2.45) is 17.8 Å². The predicted molar refractivity (Wildman–Crippen MR) is 64.3 cm³/mol. The van der Waals surface area contributed by atoms with Crippen LogP contribution in [0.25, 0.3) is 0 Å². The van der Waals surface area contributed by atoms with Crippen molar-refractivity contribution in [3.63, 3.8) is 0 Å². The third-order valence-corrected chi connectivity index (χ3v) is 5.33. The lowest BCUT2D eigenvalue weighted by molar-refractivity contribution is 0.167. The molecule has 0 aromatic heterocycles. The Morgan fingerprint density at radius 2 is 1.80 bits per heavy atom. The van der Waals surface area contributed by atoms with Gasteiger partial charge in [-0.2, -0.15) is 0 Å². The monoisotopic (exact) mass is 227 g/mol. The van der Waals surface area contributed by atoms with Crippen LogP contribution in [0.4, 0.5) is 0 Å². The molecule has 1 saturated heterocycles. The van der Waals surface area contributed by atoms with Crippen molar-refractivity contribution in [1.29, 1.82) is 0 Å². The molecule has 1 aliphatic heterocycles. The van der Waals surface area contributed by atoms with Crippen molar-refractivity contribution < 1.29 is 0 Å². The Balaban J connectivity index is 1.49. The minimum Gasteiger partial charge on any atom is -0.303 e. The number of nitrogens with zero attached hydrogens (tertiary/aromatic N) is 1. The Bertz CT molecular complexity index is 223. The second-order valence-corrected chi connectivity index (χ2v) is 6.53. The first-order valence-corrected chi connectivity index (χ1v) is 7.11. The van der Waals surface area contributed by atoms with Crippen molar-refractivity contribution in [2.45, 2.75) is 43.9 Å². The molecule has 0 aromatic rings. The summed E-state index contributed by atoms with van der Waals surface area (Å²) in [7, 11) is 0. The van der Waals surface area contributed by atoms with E-state index in [1.165, 1.54) is 51.7 Å².